The zero-order valence-corrected chi connectivity index (χ0v) is 22.1. The molecule has 0 unspecified atom stereocenters. The number of ether oxygens (including phenoxy) is 3. The van der Waals surface area contributed by atoms with Crippen molar-refractivity contribution in [3.8, 4) is 5.75 Å². The summed E-state index contributed by atoms with van der Waals surface area (Å²) in [6.07, 6.45) is 0.490. The Kier molecular flexibility index (Phi) is 9.07. The van der Waals surface area contributed by atoms with Crippen molar-refractivity contribution in [1.82, 2.24) is 9.62 Å². The molecule has 37 heavy (non-hydrogen) atoms. The van der Waals surface area contributed by atoms with Gasteiger partial charge in [0, 0.05) is 19.1 Å². The Morgan fingerprint density at radius 1 is 1.14 bits per heavy atom. The number of phenols is 1. The van der Waals surface area contributed by atoms with Gasteiger partial charge in [-0.15, -0.1) is 0 Å². The smallest absolute Gasteiger partial charge is 0.407 e. The van der Waals surface area contributed by atoms with Crippen molar-refractivity contribution in [2.45, 2.75) is 56.4 Å². The number of fused-ring (bicyclic) bond motifs is 1. The standard InChI is InChI=1S/C27H36N2O7S/c1-19(2)17-29(37(32,33)23-10-8-22(30)9-11-23)14-12-21(16-20-6-4-3-5-7-20)28-27(31)36-25-18-35-26-24(25)13-15-34-26/h3-11,19,21,24-26,30H,12-18H2,1-2H3,(H,28,31)/t21-,24+,25+,26-/m1/s1. The van der Waals surface area contributed by atoms with Gasteiger partial charge in [-0.2, -0.15) is 4.31 Å². The number of sulfonamides is 1. The number of carbonyl (C=O) groups is 1. The predicted molar refractivity (Wildman–Crippen MR) is 137 cm³/mol. The summed E-state index contributed by atoms with van der Waals surface area (Å²) in [7, 11) is -3.79. The monoisotopic (exact) mass is 532 g/mol. The van der Waals surface area contributed by atoms with E-state index in [1.165, 1.54) is 28.6 Å². The van der Waals surface area contributed by atoms with Gasteiger partial charge in [-0.25, -0.2) is 13.2 Å². The van der Waals surface area contributed by atoms with E-state index in [1.807, 2.05) is 44.2 Å². The van der Waals surface area contributed by atoms with Crippen molar-refractivity contribution in [1.29, 1.82) is 0 Å². The first kappa shape index (κ1) is 27.4. The van der Waals surface area contributed by atoms with Crippen molar-refractivity contribution in [2.24, 2.45) is 11.8 Å². The van der Waals surface area contributed by atoms with Crippen LogP contribution in [0.4, 0.5) is 4.79 Å². The van der Waals surface area contributed by atoms with Crippen molar-refractivity contribution in [2.75, 3.05) is 26.3 Å². The van der Waals surface area contributed by atoms with E-state index in [0.717, 1.165) is 12.0 Å². The molecular formula is C27H36N2O7S. The maximum absolute atomic E-state index is 13.4. The fraction of sp³-hybridized carbons (Fsp3) is 0.519. The molecule has 9 nitrogen and oxygen atoms in total. The van der Waals surface area contributed by atoms with Crippen LogP contribution < -0.4 is 5.32 Å². The Balaban J connectivity index is 1.45. The molecular weight excluding hydrogens is 496 g/mol. The van der Waals surface area contributed by atoms with Gasteiger partial charge in [0.2, 0.25) is 10.0 Å². The molecule has 2 aromatic rings. The lowest BCUT2D eigenvalue weighted by Gasteiger charge is -2.27. The van der Waals surface area contributed by atoms with Crippen molar-refractivity contribution in [3.63, 3.8) is 0 Å². The number of amides is 1. The van der Waals surface area contributed by atoms with Gasteiger partial charge < -0.3 is 24.6 Å². The molecule has 2 aliphatic rings. The van der Waals surface area contributed by atoms with Crippen LogP contribution >= 0.6 is 0 Å². The number of benzene rings is 2. The Morgan fingerprint density at radius 2 is 1.86 bits per heavy atom. The van der Waals surface area contributed by atoms with Crippen LogP contribution in [-0.2, 0) is 30.7 Å². The second-order valence-electron chi connectivity index (χ2n) is 10.0. The molecule has 202 valence electrons. The summed E-state index contributed by atoms with van der Waals surface area (Å²) in [5, 5.41) is 12.6. The van der Waals surface area contributed by atoms with Gasteiger partial charge >= 0.3 is 6.09 Å². The van der Waals surface area contributed by atoms with Gasteiger partial charge in [-0.1, -0.05) is 44.2 Å². The number of nitrogens with zero attached hydrogens (tertiary/aromatic N) is 1. The van der Waals surface area contributed by atoms with Crippen LogP contribution in [0.1, 0.15) is 32.3 Å². The largest absolute Gasteiger partial charge is 0.508 e. The van der Waals surface area contributed by atoms with E-state index in [1.54, 1.807) is 0 Å². The van der Waals surface area contributed by atoms with Crippen LogP contribution in [0.2, 0.25) is 0 Å². The number of alkyl carbamates (subject to hydrolysis) is 1. The van der Waals surface area contributed by atoms with Gasteiger partial charge in [-0.3, -0.25) is 0 Å². The van der Waals surface area contributed by atoms with Gasteiger partial charge in [-0.05, 0) is 55.0 Å². The van der Waals surface area contributed by atoms with Crippen molar-refractivity contribution < 1.29 is 32.5 Å². The molecule has 2 saturated heterocycles. The van der Waals surface area contributed by atoms with Crippen LogP contribution in [0.15, 0.2) is 59.5 Å². The second kappa shape index (κ2) is 12.3. The first-order valence-electron chi connectivity index (χ1n) is 12.8. The number of carbonyl (C=O) groups excluding carboxylic acids is 1. The topological polar surface area (TPSA) is 114 Å². The number of phenolic OH excluding ortho intramolecular Hbond substituents is 1. The summed E-state index contributed by atoms with van der Waals surface area (Å²) in [6, 6.07) is 14.9. The molecule has 0 aromatic heterocycles. The fourth-order valence-electron chi connectivity index (χ4n) is 4.79. The average Bonchev–Trinajstić information content (AvgIpc) is 3.47. The molecule has 0 spiro atoms. The van der Waals surface area contributed by atoms with Crippen LogP contribution in [-0.4, -0.2) is 68.7 Å². The van der Waals surface area contributed by atoms with Crippen molar-refractivity contribution >= 4 is 16.1 Å². The highest BCUT2D eigenvalue weighted by Gasteiger charge is 2.44. The first-order chi connectivity index (χ1) is 17.7. The Hall–Kier alpha value is -2.66. The van der Waals surface area contributed by atoms with Crippen LogP contribution in [0, 0.1) is 11.8 Å². The highest BCUT2D eigenvalue weighted by molar-refractivity contribution is 7.89. The summed E-state index contributed by atoms with van der Waals surface area (Å²) in [5.41, 5.74) is 1.03. The lowest BCUT2D eigenvalue weighted by molar-refractivity contribution is -0.0907. The maximum atomic E-state index is 13.4. The van der Waals surface area contributed by atoms with Crippen molar-refractivity contribution in [3.05, 3.63) is 60.2 Å². The lowest BCUT2D eigenvalue weighted by atomic mass is 10.0. The summed E-state index contributed by atoms with van der Waals surface area (Å²) in [4.78, 5) is 13.0. The number of aromatic hydroxyl groups is 1. The Morgan fingerprint density at radius 3 is 2.57 bits per heavy atom. The zero-order chi connectivity index (χ0) is 26.4. The SMILES string of the molecule is CC(C)CN(CC[C@H](Cc1ccccc1)NC(=O)O[C@H]1CO[C@H]2OCC[C@H]21)S(=O)(=O)c1ccc(O)cc1. The van der Waals surface area contributed by atoms with Crippen LogP contribution in [0.25, 0.3) is 0 Å². The summed E-state index contributed by atoms with van der Waals surface area (Å²) >= 11 is 0. The highest BCUT2D eigenvalue weighted by atomic mass is 32.2. The van der Waals surface area contributed by atoms with E-state index in [4.69, 9.17) is 14.2 Å². The fourth-order valence-corrected chi connectivity index (χ4v) is 6.41. The molecule has 10 heteroatoms. The summed E-state index contributed by atoms with van der Waals surface area (Å²) < 4.78 is 45.1. The molecule has 1 amide bonds. The molecule has 4 atom stereocenters. The Bertz CT molecular complexity index is 1130. The van der Waals surface area contributed by atoms with Gasteiger partial charge in [0.15, 0.2) is 6.29 Å². The number of rotatable bonds is 11. The molecule has 0 bridgehead atoms. The van der Waals surface area contributed by atoms with E-state index in [-0.39, 0.29) is 47.5 Å². The normalized spacial score (nSPS) is 22.2. The molecule has 2 N–H and O–H groups in total. The molecule has 2 fully saturated rings. The average molecular weight is 533 g/mol. The molecule has 0 aliphatic carbocycles. The van der Waals surface area contributed by atoms with E-state index in [2.05, 4.69) is 5.32 Å². The third kappa shape index (κ3) is 7.22. The molecule has 4 rings (SSSR count). The van der Waals surface area contributed by atoms with Gasteiger partial charge in [0.1, 0.15) is 11.9 Å². The minimum absolute atomic E-state index is 0.00291. The molecule has 2 aromatic carbocycles. The highest BCUT2D eigenvalue weighted by Crippen LogP contribution is 2.33. The molecule has 2 aliphatic heterocycles. The third-order valence-electron chi connectivity index (χ3n) is 6.66. The van der Waals surface area contributed by atoms with Gasteiger partial charge in [0.05, 0.1) is 24.0 Å². The third-order valence-corrected chi connectivity index (χ3v) is 8.54. The quantitative estimate of drug-likeness (QED) is 0.455. The zero-order valence-electron chi connectivity index (χ0n) is 21.3. The maximum Gasteiger partial charge on any atom is 0.407 e. The molecule has 0 saturated carbocycles. The minimum atomic E-state index is -3.79. The van der Waals surface area contributed by atoms with E-state index in [0.29, 0.717) is 32.6 Å². The molecule has 2 heterocycles. The lowest BCUT2D eigenvalue weighted by Crippen LogP contribution is -2.43. The minimum Gasteiger partial charge on any atom is -0.508 e. The predicted octanol–water partition coefficient (Wildman–Crippen LogP) is 3.53. The number of hydrogen-bond donors (Lipinski definition) is 2. The summed E-state index contributed by atoms with van der Waals surface area (Å²) in [5.74, 6) is 0.139. The van der Waals surface area contributed by atoms with Crippen LogP contribution in [0.3, 0.4) is 0 Å². The van der Waals surface area contributed by atoms with Crippen LogP contribution in [0.5, 0.6) is 5.75 Å². The number of nitrogens with one attached hydrogen (secondary N) is 1. The second-order valence-corrected chi connectivity index (χ2v) is 12.0. The van der Waals surface area contributed by atoms with Gasteiger partial charge in [0.25, 0.3) is 0 Å². The summed E-state index contributed by atoms with van der Waals surface area (Å²) in [6.45, 7) is 5.35. The number of hydrogen-bond acceptors (Lipinski definition) is 7. The van der Waals surface area contributed by atoms with E-state index < -0.39 is 16.1 Å². The van der Waals surface area contributed by atoms with E-state index in [9.17, 15) is 18.3 Å². The first-order valence-corrected chi connectivity index (χ1v) is 14.2. The Labute approximate surface area is 218 Å². The van der Waals surface area contributed by atoms with E-state index >= 15 is 0 Å². The molecule has 0 radical (unpaired) electrons.